The van der Waals surface area contributed by atoms with Crippen LogP contribution in [0.15, 0.2) is 18.2 Å². The highest BCUT2D eigenvalue weighted by Crippen LogP contribution is 2.19. The van der Waals surface area contributed by atoms with Crippen LogP contribution in [0, 0.1) is 11.7 Å². The van der Waals surface area contributed by atoms with Gasteiger partial charge < -0.3 is 4.79 Å². The predicted molar refractivity (Wildman–Crippen MR) is 60.2 cm³/mol. The van der Waals surface area contributed by atoms with Crippen molar-refractivity contribution in [1.82, 2.24) is 0 Å². The Morgan fingerprint density at radius 1 is 1.44 bits per heavy atom. The predicted octanol–water partition coefficient (Wildman–Crippen LogP) is 3.28. The number of halogens is 2. The van der Waals surface area contributed by atoms with Gasteiger partial charge in [0.25, 0.3) is 0 Å². The fraction of sp³-hybridized carbons (Fsp3) is 0.333. The molecule has 0 aliphatic heterocycles. The molecule has 86 valence electrons. The Hall–Kier alpha value is -1.22. The van der Waals surface area contributed by atoms with Gasteiger partial charge in [-0.3, -0.25) is 4.79 Å². The molecule has 0 bridgehead atoms. The van der Waals surface area contributed by atoms with Crippen molar-refractivity contribution in [1.29, 1.82) is 0 Å². The molecular formula is C12H12ClFO2. The van der Waals surface area contributed by atoms with Gasteiger partial charge in [-0.05, 0) is 25.1 Å². The Morgan fingerprint density at radius 2 is 2.06 bits per heavy atom. The fourth-order valence-corrected chi connectivity index (χ4v) is 1.58. The molecule has 2 nitrogen and oxygen atoms in total. The number of hydrogen-bond acceptors (Lipinski definition) is 2. The molecule has 1 aromatic rings. The highest BCUT2D eigenvalue weighted by atomic mass is 35.5. The minimum Gasteiger partial charge on any atom is -0.300 e. The molecule has 1 aromatic carbocycles. The van der Waals surface area contributed by atoms with Crippen LogP contribution in [-0.2, 0) is 4.79 Å². The first-order chi connectivity index (χ1) is 7.41. The van der Waals surface area contributed by atoms with Gasteiger partial charge >= 0.3 is 0 Å². The average molecular weight is 243 g/mol. The first kappa shape index (κ1) is 12.8. The van der Waals surface area contributed by atoms with E-state index >= 15 is 0 Å². The van der Waals surface area contributed by atoms with Crippen molar-refractivity contribution in [2.75, 3.05) is 0 Å². The number of Topliss-reactive ketones (excluding diaryl/α,β-unsaturated/α-hetero) is 2. The van der Waals surface area contributed by atoms with E-state index in [-0.39, 0.29) is 28.6 Å². The molecule has 1 rings (SSSR count). The molecule has 0 saturated carbocycles. The van der Waals surface area contributed by atoms with Crippen LogP contribution in [0.4, 0.5) is 4.39 Å². The van der Waals surface area contributed by atoms with Crippen LogP contribution in [0.25, 0.3) is 0 Å². The third-order valence-corrected chi connectivity index (χ3v) is 2.55. The Balaban J connectivity index is 2.88. The van der Waals surface area contributed by atoms with Crippen LogP contribution in [0.2, 0.25) is 5.02 Å². The van der Waals surface area contributed by atoms with E-state index in [4.69, 9.17) is 11.6 Å². The van der Waals surface area contributed by atoms with E-state index in [2.05, 4.69) is 0 Å². The maximum Gasteiger partial charge on any atom is 0.166 e. The topological polar surface area (TPSA) is 34.1 Å². The molecule has 0 heterocycles. The summed E-state index contributed by atoms with van der Waals surface area (Å²) in [7, 11) is 0. The van der Waals surface area contributed by atoms with Crippen LogP contribution >= 0.6 is 11.6 Å². The summed E-state index contributed by atoms with van der Waals surface area (Å²) in [6.45, 7) is 3.07. The van der Waals surface area contributed by atoms with E-state index in [1.54, 1.807) is 6.92 Å². The molecule has 16 heavy (non-hydrogen) atoms. The molecule has 0 fully saturated rings. The van der Waals surface area contributed by atoms with Crippen LogP contribution in [0.1, 0.15) is 30.6 Å². The number of rotatable bonds is 4. The van der Waals surface area contributed by atoms with E-state index in [0.29, 0.717) is 0 Å². The van der Waals surface area contributed by atoms with Crippen LogP contribution in [-0.4, -0.2) is 11.6 Å². The second-order valence-electron chi connectivity index (χ2n) is 3.80. The summed E-state index contributed by atoms with van der Waals surface area (Å²) in [5, 5.41) is -0.0178. The van der Waals surface area contributed by atoms with E-state index in [9.17, 15) is 14.0 Å². The minimum absolute atomic E-state index is 0.0178. The summed E-state index contributed by atoms with van der Waals surface area (Å²) < 4.78 is 13.1. The maximum absolute atomic E-state index is 13.1. The van der Waals surface area contributed by atoms with Gasteiger partial charge in [0.05, 0.1) is 5.02 Å². The zero-order valence-corrected chi connectivity index (χ0v) is 9.84. The van der Waals surface area contributed by atoms with Crippen LogP contribution in [0.3, 0.4) is 0 Å². The summed E-state index contributed by atoms with van der Waals surface area (Å²) in [6.07, 6.45) is 0.170. The highest BCUT2D eigenvalue weighted by Gasteiger charge is 2.17. The van der Waals surface area contributed by atoms with E-state index in [1.807, 2.05) is 0 Å². The van der Waals surface area contributed by atoms with Gasteiger partial charge in [0.15, 0.2) is 5.78 Å². The smallest absolute Gasteiger partial charge is 0.166 e. The lowest BCUT2D eigenvalue weighted by Crippen LogP contribution is -2.14. The first-order valence-corrected chi connectivity index (χ1v) is 5.28. The standard InChI is InChI=1S/C12H12ClFO2/c1-7(5-8(2)15)12(16)9-3-4-10(13)11(14)6-9/h3-4,6-7H,5H2,1-2H3. The molecule has 0 spiro atoms. The van der Waals surface area contributed by atoms with Crippen molar-refractivity contribution in [2.45, 2.75) is 20.3 Å². The van der Waals surface area contributed by atoms with E-state index in [0.717, 1.165) is 6.07 Å². The molecule has 0 radical (unpaired) electrons. The number of carbonyl (C=O) groups excluding carboxylic acids is 2. The normalized spacial score (nSPS) is 12.2. The summed E-state index contributed by atoms with van der Waals surface area (Å²) in [4.78, 5) is 22.6. The summed E-state index contributed by atoms with van der Waals surface area (Å²) >= 11 is 5.51. The lowest BCUT2D eigenvalue weighted by Gasteiger charge is -2.08. The van der Waals surface area contributed by atoms with Gasteiger partial charge in [-0.1, -0.05) is 18.5 Å². The molecule has 0 aliphatic rings. The Labute approximate surface area is 98.4 Å². The third kappa shape index (κ3) is 3.14. The lowest BCUT2D eigenvalue weighted by molar-refractivity contribution is -0.117. The van der Waals surface area contributed by atoms with Gasteiger partial charge in [-0.15, -0.1) is 0 Å². The zero-order chi connectivity index (χ0) is 12.3. The molecule has 1 unspecified atom stereocenters. The number of carbonyl (C=O) groups is 2. The van der Waals surface area contributed by atoms with Crippen LogP contribution < -0.4 is 0 Å². The van der Waals surface area contributed by atoms with Gasteiger partial charge in [-0.25, -0.2) is 4.39 Å². The van der Waals surface area contributed by atoms with Crippen LogP contribution in [0.5, 0.6) is 0 Å². The highest BCUT2D eigenvalue weighted by molar-refractivity contribution is 6.30. The molecule has 0 aliphatic carbocycles. The fourth-order valence-electron chi connectivity index (χ4n) is 1.46. The molecule has 0 amide bonds. The van der Waals surface area contributed by atoms with E-state index < -0.39 is 11.7 Å². The van der Waals surface area contributed by atoms with Crippen molar-refractivity contribution in [3.8, 4) is 0 Å². The largest absolute Gasteiger partial charge is 0.300 e. The van der Waals surface area contributed by atoms with Crippen molar-refractivity contribution in [2.24, 2.45) is 5.92 Å². The molecule has 4 heteroatoms. The number of ketones is 2. The minimum atomic E-state index is -0.623. The molecule has 1 atom stereocenters. The summed E-state index contributed by atoms with van der Waals surface area (Å²) in [6, 6.07) is 3.90. The van der Waals surface area contributed by atoms with Crippen molar-refractivity contribution < 1.29 is 14.0 Å². The first-order valence-electron chi connectivity index (χ1n) is 4.90. The quantitative estimate of drug-likeness (QED) is 0.760. The van der Waals surface area contributed by atoms with Gasteiger partial charge in [0.2, 0.25) is 0 Å². The molecule has 0 N–H and O–H groups in total. The zero-order valence-electron chi connectivity index (χ0n) is 9.09. The molecular weight excluding hydrogens is 231 g/mol. The van der Waals surface area contributed by atoms with Gasteiger partial charge in [-0.2, -0.15) is 0 Å². The number of benzene rings is 1. The van der Waals surface area contributed by atoms with Crippen molar-refractivity contribution >= 4 is 23.2 Å². The maximum atomic E-state index is 13.1. The number of hydrogen-bond donors (Lipinski definition) is 0. The second-order valence-corrected chi connectivity index (χ2v) is 4.21. The monoisotopic (exact) mass is 242 g/mol. The summed E-state index contributed by atoms with van der Waals surface area (Å²) in [5.41, 5.74) is 0.246. The lowest BCUT2D eigenvalue weighted by atomic mass is 9.95. The molecule has 0 saturated heterocycles. The Morgan fingerprint density at radius 3 is 2.56 bits per heavy atom. The Kier molecular flexibility index (Phi) is 4.19. The average Bonchev–Trinajstić information content (AvgIpc) is 2.20. The van der Waals surface area contributed by atoms with Crippen molar-refractivity contribution in [3.63, 3.8) is 0 Å². The van der Waals surface area contributed by atoms with Gasteiger partial charge in [0.1, 0.15) is 11.6 Å². The SMILES string of the molecule is CC(=O)CC(C)C(=O)c1ccc(Cl)c(F)c1. The molecule has 0 aromatic heterocycles. The Bertz CT molecular complexity index is 429. The van der Waals surface area contributed by atoms with E-state index in [1.165, 1.54) is 19.1 Å². The second kappa shape index (κ2) is 5.21. The summed E-state index contributed by atoms with van der Waals surface area (Å²) in [5.74, 6) is -1.36. The van der Waals surface area contributed by atoms with Crippen molar-refractivity contribution in [3.05, 3.63) is 34.6 Å². The third-order valence-electron chi connectivity index (χ3n) is 2.25. The van der Waals surface area contributed by atoms with Gasteiger partial charge in [0, 0.05) is 17.9 Å².